The zero-order chi connectivity index (χ0) is 18.4. The number of carbonyl (C=O) groups is 1. The molecular formula is C19H26N4O2S. The first-order chi connectivity index (χ1) is 12.7. The summed E-state index contributed by atoms with van der Waals surface area (Å²) in [6.45, 7) is 3.94. The Bertz CT molecular complexity index is 707. The highest BCUT2D eigenvalue weighted by Crippen LogP contribution is 2.21. The van der Waals surface area contributed by atoms with Crippen LogP contribution in [0.3, 0.4) is 0 Å². The van der Waals surface area contributed by atoms with Gasteiger partial charge in [0.2, 0.25) is 0 Å². The molecule has 1 fully saturated rings. The van der Waals surface area contributed by atoms with E-state index >= 15 is 0 Å². The van der Waals surface area contributed by atoms with E-state index in [1.807, 2.05) is 19.2 Å². The van der Waals surface area contributed by atoms with E-state index in [-0.39, 0.29) is 5.91 Å². The molecule has 1 unspecified atom stereocenters. The topological polar surface area (TPSA) is 58.6 Å². The van der Waals surface area contributed by atoms with Crippen molar-refractivity contribution in [2.75, 3.05) is 40.3 Å². The number of rotatable bonds is 7. The predicted octanol–water partition coefficient (Wildman–Crippen LogP) is 2.57. The minimum Gasteiger partial charge on any atom is -0.496 e. The monoisotopic (exact) mass is 374 g/mol. The molecule has 140 valence electrons. The molecule has 3 rings (SSSR count). The second-order valence-corrected chi connectivity index (χ2v) is 7.41. The molecule has 1 aliphatic rings. The van der Waals surface area contributed by atoms with Gasteiger partial charge in [-0.15, -0.1) is 0 Å². The number of nitrogens with zero attached hydrogens (tertiary/aromatic N) is 4. The molecule has 1 aromatic heterocycles. The van der Waals surface area contributed by atoms with Crippen molar-refractivity contribution >= 4 is 17.6 Å². The van der Waals surface area contributed by atoms with Gasteiger partial charge in [-0.3, -0.25) is 4.79 Å². The van der Waals surface area contributed by atoms with E-state index < -0.39 is 0 Å². The number of para-hydroxylation sites is 1. The summed E-state index contributed by atoms with van der Waals surface area (Å²) >= 11 is 1.07. The first kappa shape index (κ1) is 18.8. The van der Waals surface area contributed by atoms with Gasteiger partial charge in [-0.25, -0.2) is 0 Å². The molecule has 1 amide bonds. The van der Waals surface area contributed by atoms with Gasteiger partial charge < -0.3 is 14.5 Å². The van der Waals surface area contributed by atoms with Gasteiger partial charge in [-0.1, -0.05) is 18.2 Å². The Morgan fingerprint density at radius 2 is 2.27 bits per heavy atom. The first-order valence-corrected chi connectivity index (χ1v) is 9.77. The van der Waals surface area contributed by atoms with Crippen LogP contribution >= 0.6 is 11.7 Å². The number of ether oxygens (including phenoxy) is 1. The number of hydrogen-bond acceptors (Lipinski definition) is 6. The molecule has 0 N–H and O–H groups in total. The summed E-state index contributed by atoms with van der Waals surface area (Å²) in [5.41, 5.74) is 1.70. The van der Waals surface area contributed by atoms with Gasteiger partial charge in [0.1, 0.15) is 5.75 Å². The van der Waals surface area contributed by atoms with E-state index in [4.69, 9.17) is 4.74 Å². The molecular weight excluding hydrogens is 348 g/mol. The molecule has 1 atom stereocenters. The van der Waals surface area contributed by atoms with Crippen LogP contribution in [0.25, 0.3) is 0 Å². The lowest BCUT2D eigenvalue weighted by Gasteiger charge is -2.34. The van der Waals surface area contributed by atoms with Crippen molar-refractivity contribution in [3.8, 4) is 5.75 Å². The Morgan fingerprint density at radius 1 is 1.42 bits per heavy atom. The van der Waals surface area contributed by atoms with Crippen molar-refractivity contribution in [2.24, 2.45) is 5.92 Å². The molecule has 0 radical (unpaired) electrons. The Balaban J connectivity index is 1.50. The quantitative estimate of drug-likeness (QED) is 0.745. The Kier molecular flexibility index (Phi) is 6.57. The van der Waals surface area contributed by atoms with Crippen LogP contribution in [-0.4, -0.2) is 64.8 Å². The lowest BCUT2D eigenvalue weighted by atomic mass is 9.97. The predicted molar refractivity (Wildman–Crippen MR) is 103 cm³/mol. The van der Waals surface area contributed by atoms with Gasteiger partial charge in [-0.2, -0.15) is 8.75 Å². The van der Waals surface area contributed by atoms with Crippen molar-refractivity contribution in [3.63, 3.8) is 0 Å². The SMILES string of the molecule is COc1ccccc1CCN1CCCC(CN(C)C(=O)c2cnsn2)C1. The molecule has 7 heteroatoms. The van der Waals surface area contributed by atoms with Crippen LogP contribution in [-0.2, 0) is 6.42 Å². The van der Waals surface area contributed by atoms with Crippen molar-refractivity contribution in [3.05, 3.63) is 41.7 Å². The maximum absolute atomic E-state index is 12.3. The summed E-state index contributed by atoms with van der Waals surface area (Å²) in [6, 6.07) is 8.21. The first-order valence-electron chi connectivity index (χ1n) is 9.04. The van der Waals surface area contributed by atoms with Crippen LogP contribution in [0.2, 0.25) is 0 Å². The maximum atomic E-state index is 12.3. The summed E-state index contributed by atoms with van der Waals surface area (Å²) in [4.78, 5) is 16.6. The molecule has 0 bridgehead atoms. The minimum atomic E-state index is -0.0371. The molecule has 1 aliphatic heterocycles. The van der Waals surface area contributed by atoms with Gasteiger partial charge in [0.25, 0.3) is 5.91 Å². The van der Waals surface area contributed by atoms with E-state index in [2.05, 4.69) is 25.8 Å². The molecule has 26 heavy (non-hydrogen) atoms. The van der Waals surface area contributed by atoms with Gasteiger partial charge in [-0.05, 0) is 43.4 Å². The van der Waals surface area contributed by atoms with E-state index in [9.17, 15) is 4.79 Å². The van der Waals surface area contributed by atoms with Crippen molar-refractivity contribution in [1.82, 2.24) is 18.5 Å². The zero-order valence-corrected chi connectivity index (χ0v) is 16.2. The van der Waals surface area contributed by atoms with E-state index in [0.717, 1.165) is 56.5 Å². The molecule has 2 heterocycles. The standard InChI is InChI=1S/C19H26N4O2S/c1-22(19(24)17-12-20-26-21-17)13-15-6-5-10-23(14-15)11-9-16-7-3-4-8-18(16)25-2/h3-4,7-8,12,15H,5-6,9-11,13-14H2,1-2H3. The summed E-state index contributed by atoms with van der Waals surface area (Å²) in [7, 11) is 3.58. The normalized spacial score (nSPS) is 17.8. The Labute approximate surface area is 159 Å². The van der Waals surface area contributed by atoms with Gasteiger partial charge in [0, 0.05) is 26.7 Å². The van der Waals surface area contributed by atoms with Crippen LogP contribution in [0.1, 0.15) is 28.9 Å². The maximum Gasteiger partial charge on any atom is 0.274 e. The third-order valence-electron chi connectivity index (χ3n) is 4.95. The fourth-order valence-electron chi connectivity index (χ4n) is 3.62. The van der Waals surface area contributed by atoms with Crippen LogP contribution < -0.4 is 4.74 Å². The molecule has 0 saturated carbocycles. The third-order valence-corrected chi connectivity index (χ3v) is 5.43. The fourth-order valence-corrected chi connectivity index (χ4v) is 4.02. The number of amides is 1. The molecule has 1 saturated heterocycles. The minimum absolute atomic E-state index is 0.0371. The lowest BCUT2D eigenvalue weighted by Crippen LogP contribution is -2.42. The second kappa shape index (κ2) is 9.09. The zero-order valence-electron chi connectivity index (χ0n) is 15.4. The number of piperidine rings is 1. The number of hydrogen-bond donors (Lipinski definition) is 0. The smallest absolute Gasteiger partial charge is 0.274 e. The van der Waals surface area contributed by atoms with Crippen molar-refractivity contribution < 1.29 is 9.53 Å². The Hall–Kier alpha value is -1.99. The number of methoxy groups -OCH3 is 1. The van der Waals surface area contributed by atoms with Gasteiger partial charge in [0.15, 0.2) is 5.69 Å². The highest BCUT2D eigenvalue weighted by Gasteiger charge is 2.24. The number of likely N-dealkylation sites (tertiary alicyclic amines) is 1. The fraction of sp³-hybridized carbons (Fsp3) is 0.526. The van der Waals surface area contributed by atoms with Crippen molar-refractivity contribution in [2.45, 2.75) is 19.3 Å². The summed E-state index contributed by atoms with van der Waals surface area (Å²) in [5.74, 6) is 1.43. The molecule has 0 spiro atoms. The third kappa shape index (κ3) is 4.80. The van der Waals surface area contributed by atoms with Gasteiger partial charge >= 0.3 is 0 Å². The van der Waals surface area contributed by atoms with Crippen LogP contribution in [0, 0.1) is 5.92 Å². The van der Waals surface area contributed by atoms with E-state index in [1.54, 1.807) is 18.2 Å². The van der Waals surface area contributed by atoms with Crippen LogP contribution in [0.5, 0.6) is 5.75 Å². The number of aromatic nitrogens is 2. The summed E-state index contributed by atoms with van der Waals surface area (Å²) in [5, 5.41) is 0. The summed E-state index contributed by atoms with van der Waals surface area (Å²) in [6.07, 6.45) is 4.87. The van der Waals surface area contributed by atoms with Crippen molar-refractivity contribution in [1.29, 1.82) is 0 Å². The van der Waals surface area contributed by atoms with E-state index in [1.165, 1.54) is 12.0 Å². The molecule has 1 aromatic carbocycles. The van der Waals surface area contributed by atoms with Crippen LogP contribution in [0.4, 0.5) is 0 Å². The number of carbonyl (C=O) groups excluding carboxylic acids is 1. The molecule has 0 aliphatic carbocycles. The van der Waals surface area contributed by atoms with Gasteiger partial charge in [0.05, 0.1) is 25.0 Å². The highest BCUT2D eigenvalue weighted by atomic mass is 32.1. The lowest BCUT2D eigenvalue weighted by molar-refractivity contribution is 0.0725. The van der Waals surface area contributed by atoms with E-state index in [0.29, 0.717) is 11.6 Å². The molecule has 2 aromatic rings. The molecule has 6 nitrogen and oxygen atoms in total. The average molecular weight is 375 g/mol. The largest absolute Gasteiger partial charge is 0.496 e. The van der Waals surface area contributed by atoms with Crippen LogP contribution in [0.15, 0.2) is 30.5 Å². The Morgan fingerprint density at radius 3 is 3.04 bits per heavy atom. The second-order valence-electron chi connectivity index (χ2n) is 6.85. The average Bonchev–Trinajstić information content (AvgIpc) is 3.21. The highest BCUT2D eigenvalue weighted by molar-refractivity contribution is 6.99. The number of benzene rings is 1. The summed E-state index contributed by atoms with van der Waals surface area (Å²) < 4.78 is 13.4.